The first-order valence-corrected chi connectivity index (χ1v) is 6.65. The Hall–Kier alpha value is -2.47. The zero-order valence-electron chi connectivity index (χ0n) is 11.7. The Labute approximate surface area is 131 Å². The third-order valence-corrected chi connectivity index (χ3v) is 3.88. The molecule has 2 aromatic rings. The molecule has 24 heavy (non-hydrogen) atoms. The first-order chi connectivity index (χ1) is 11.2. The number of hydrogen-bond acceptors (Lipinski definition) is 2. The second-order valence-corrected chi connectivity index (χ2v) is 5.28. The van der Waals surface area contributed by atoms with Crippen LogP contribution in [0.5, 0.6) is 0 Å². The van der Waals surface area contributed by atoms with Gasteiger partial charge >= 0.3 is 6.18 Å². The predicted molar refractivity (Wildman–Crippen MR) is 69.1 cm³/mol. The van der Waals surface area contributed by atoms with E-state index in [-0.39, 0.29) is 5.69 Å². The fourth-order valence-corrected chi connectivity index (χ4v) is 2.79. The van der Waals surface area contributed by atoms with Gasteiger partial charge in [0.05, 0.1) is 16.8 Å². The fourth-order valence-electron chi connectivity index (χ4n) is 2.79. The summed E-state index contributed by atoms with van der Waals surface area (Å²) in [7, 11) is 0. The van der Waals surface area contributed by atoms with E-state index >= 15 is 0 Å². The molecule has 3 atom stereocenters. The molecule has 0 bridgehead atoms. The molecule has 1 aromatic heterocycles. The lowest BCUT2D eigenvalue weighted by atomic mass is 10.1. The third-order valence-electron chi connectivity index (χ3n) is 3.88. The smallest absolute Gasteiger partial charge is 0.385 e. The molecular weight excluding hydrogens is 338 g/mol. The highest BCUT2D eigenvalue weighted by Crippen LogP contribution is 2.50. The standard InChI is InChI=1S/C15H8F6N2O/c16-9-2-1-7(3-6(9)4-22)23-5-8(15(19,20)21)10-13(23)11(17)12(18)14(10)24/h1-3,5,11-12,14,24H/t11-,12+,14-/m1/s1. The zero-order chi connectivity index (χ0) is 17.8. The van der Waals surface area contributed by atoms with Gasteiger partial charge in [0.2, 0.25) is 0 Å². The number of alkyl halides is 5. The SMILES string of the molecule is N#Cc1cc(-n2cc(C(F)(F)F)c3c2[C@H](F)[C@H](F)[C@@H]3O)ccc1F. The Bertz CT molecular complexity index is 851. The predicted octanol–water partition coefficient (Wildman–Crippen LogP) is 3.90. The van der Waals surface area contributed by atoms with E-state index in [1.165, 1.54) is 6.07 Å². The van der Waals surface area contributed by atoms with Crippen LogP contribution >= 0.6 is 0 Å². The van der Waals surface area contributed by atoms with E-state index in [0.717, 1.165) is 18.2 Å². The monoisotopic (exact) mass is 346 g/mol. The summed E-state index contributed by atoms with van der Waals surface area (Å²) in [4.78, 5) is 0. The van der Waals surface area contributed by atoms with Crippen molar-refractivity contribution in [3.63, 3.8) is 0 Å². The van der Waals surface area contributed by atoms with Crippen LogP contribution in [0.4, 0.5) is 26.3 Å². The van der Waals surface area contributed by atoms with E-state index in [1.54, 1.807) is 0 Å². The minimum Gasteiger partial charge on any atom is -0.385 e. The molecular formula is C15H8F6N2O. The molecule has 1 aliphatic carbocycles. The second-order valence-electron chi connectivity index (χ2n) is 5.28. The maximum atomic E-state index is 14.1. The Morgan fingerprint density at radius 2 is 1.88 bits per heavy atom. The van der Waals surface area contributed by atoms with E-state index in [4.69, 9.17) is 5.26 Å². The normalized spacial score (nSPS) is 23.2. The van der Waals surface area contributed by atoms with Gasteiger partial charge in [-0.3, -0.25) is 0 Å². The van der Waals surface area contributed by atoms with Crippen LogP contribution in [-0.2, 0) is 6.18 Å². The summed E-state index contributed by atoms with van der Waals surface area (Å²) in [6, 6.07) is 4.29. The fraction of sp³-hybridized carbons (Fsp3) is 0.267. The average molecular weight is 346 g/mol. The number of nitrogens with zero attached hydrogens (tertiary/aromatic N) is 2. The summed E-state index contributed by atoms with van der Waals surface area (Å²) < 4.78 is 81.2. The van der Waals surface area contributed by atoms with Crippen molar-refractivity contribution in [2.45, 2.75) is 24.6 Å². The molecule has 0 unspecified atom stereocenters. The molecule has 1 aliphatic rings. The first-order valence-electron chi connectivity index (χ1n) is 6.65. The van der Waals surface area contributed by atoms with E-state index in [2.05, 4.69) is 0 Å². The molecule has 1 aromatic carbocycles. The molecule has 0 amide bonds. The van der Waals surface area contributed by atoms with Gasteiger partial charge in [0, 0.05) is 17.4 Å². The Kier molecular flexibility index (Phi) is 3.60. The van der Waals surface area contributed by atoms with E-state index in [9.17, 15) is 31.4 Å². The highest BCUT2D eigenvalue weighted by atomic mass is 19.4. The van der Waals surface area contributed by atoms with Gasteiger partial charge in [0.1, 0.15) is 18.0 Å². The number of rotatable bonds is 1. The van der Waals surface area contributed by atoms with Crippen molar-refractivity contribution < 1.29 is 31.4 Å². The Morgan fingerprint density at radius 3 is 2.46 bits per heavy atom. The minimum absolute atomic E-state index is 0.149. The first kappa shape index (κ1) is 16.4. The summed E-state index contributed by atoms with van der Waals surface area (Å²) in [5, 5.41) is 18.4. The number of hydrogen-bond donors (Lipinski definition) is 1. The average Bonchev–Trinajstić information content (AvgIpc) is 3.01. The number of aliphatic hydroxyl groups is 1. The van der Waals surface area contributed by atoms with Gasteiger partial charge in [-0.1, -0.05) is 0 Å². The maximum absolute atomic E-state index is 14.1. The van der Waals surface area contributed by atoms with Crippen molar-refractivity contribution in [1.82, 2.24) is 4.57 Å². The molecule has 0 radical (unpaired) electrons. The summed E-state index contributed by atoms with van der Waals surface area (Å²) in [5.74, 6) is -0.902. The van der Waals surface area contributed by atoms with Gasteiger partial charge in [0.25, 0.3) is 0 Å². The molecule has 1 N–H and O–H groups in total. The van der Waals surface area contributed by atoms with Gasteiger partial charge in [-0.05, 0) is 18.2 Å². The quantitative estimate of drug-likeness (QED) is 0.796. The van der Waals surface area contributed by atoms with Crippen molar-refractivity contribution in [2.75, 3.05) is 0 Å². The molecule has 1 heterocycles. The van der Waals surface area contributed by atoms with Crippen LogP contribution in [0.2, 0.25) is 0 Å². The molecule has 3 nitrogen and oxygen atoms in total. The number of halogens is 6. The van der Waals surface area contributed by atoms with Crippen LogP contribution in [0.15, 0.2) is 24.4 Å². The van der Waals surface area contributed by atoms with Crippen LogP contribution in [0.25, 0.3) is 5.69 Å². The molecule has 9 heteroatoms. The van der Waals surface area contributed by atoms with Crippen LogP contribution < -0.4 is 0 Å². The lowest BCUT2D eigenvalue weighted by molar-refractivity contribution is -0.139. The van der Waals surface area contributed by atoms with Gasteiger partial charge in [-0.15, -0.1) is 0 Å². The van der Waals surface area contributed by atoms with E-state index in [0.29, 0.717) is 10.8 Å². The summed E-state index contributed by atoms with van der Waals surface area (Å²) in [6.45, 7) is 0. The van der Waals surface area contributed by atoms with Crippen molar-refractivity contribution in [2.24, 2.45) is 0 Å². The van der Waals surface area contributed by atoms with E-state index < -0.39 is 52.8 Å². The molecule has 0 saturated carbocycles. The maximum Gasteiger partial charge on any atom is 0.418 e. The van der Waals surface area contributed by atoms with E-state index in [1.807, 2.05) is 0 Å². The molecule has 0 aliphatic heterocycles. The van der Waals surface area contributed by atoms with Crippen LogP contribution in [0.1, 0.15) is 34.7 Å². The van der Waals surface area contributed by atoms with Gasteiger partial charge < -0.3 is 9.67 Å². The van der Waals surface area contributed by atoms with Gasteiger partial charge in [0.15, 0.2) is 12.3 Å². The number of aromatic nitrogens is 1. The highest BCUT2D eigenvalue weighted by molar-refractivity contribution is 5.51. The lowest BCUT2D eigenvalue weighted by Gasteiger charge is -2.13. The third kappa shape index (κ3) is 2.26. The zero-order valence-corrected chi connectivity index (χ0v) is 11.7. The molecule has 126 valence electrons. The molecule has 3 rings (SSSR count). The Morgan fingerprint density at radius 1 is 1.21 bits per heavy atom. The molecule has 0 fully saturated rings. The summed E-state index contributed by atoms with van der Waals surface area (Å²) >= 11 is 0. The van der Waals surface area contributed by atoms with Crippen LogP contribution in [-0.4, -0.2) is 15.8 Å². The minimum atomic E-state index is -4.95. The van der Waals surface area contributed by atoms with Crippen molar-refractivity contribution in [1.29, 1.82) is 5.26 Å². The van der Waals surface area contributed by atoms with Crippen molar-refractivity contribution in [3.8, 4) is 11.8 Å². The highest BCUT2D eigenvalue weighted by Gasteiger charge is 2.50. The summed E-state index contributed by atoms with van der Waals surface area (Å²) in [5.41, 5.74) is -3.57. The summed E-state index contributed by atoms with van der Waals surface area (Å²) in [6.07, 6.45) is -11.7. The van der Waals surface area contributed by atoms with Crippen molar-refractivity contribution >= 4 is 0 Å². The molecule has 0 spiro atoms. The van der Waals surface area contributed by atoms with Gasteiger partial charge in [-0.25, -0.2) is 13.2 Å². The van der Waals surface area contributed by atoms with Crippen LogP contribution in [0.3, 0.4) is 0 Å². The topological polar surface area (TPSA) is 49.0 Å². The molecule has 0 saturated heterocycles. The number of nitriles is 1. The van der Waals surface area contributed by atoms with Gasteiger partial charge in [-0.2, -0.15) is 18.4 Å². The van der Waals surface area contributed by atoms with Crippen molar-refractivity contribution in [3.05, 3.63) is 52.6 Å². The van der Waals surface area contributed by atoms with Crippen LogP contribution in [0, 0.1) is 17.1 Å². The number of aliphatic hydroxyl groups excluding tert-OH is 1. The number of fused-ring (bicyclic) bond motifs is 1. The number of benzene rings is 1. The Balaban J connectivity index is 2.28. The largest absolute Gasteiger partial charge is 0.418 e. The lowest BCUT2D eigenvalue weighted by Crippen LogP contribution is -2.15. The second kappa shape index (κ2) is 5.27.